The third-order valence-corrected chi connectivity index (χ3v) is 4.07. The largest absolute Gasteiger partial charge is 0.481 e. The number of hydrogen-bond acceptors (Lipinski definition) is 4. The molecule has 0 spiro atoms. The molecule has 114 valence electrons. The number of carboxylic acid groups (broad SMARTS) is 1. The van der Waals surface area contributed by atoms with E-state index in [9.17, 15) is 9.59 Å². The molecule has 1 aliphatic rings. The minimum atomic E-state index is -0.821. The highest BCUT2D eigenvalue weighted by molar-refractivity contribution is 5.78. The molecular formula is C15H21N3O3. The molecule has 0 atom stereocenters. The second-order valence-corrected chi connectivity index (χ2v) is 5.80. The Morgan fingerprint density at radius 3 is 2.62 bits per heavy atom. The standard InChI is InChI=1S/C15H21N3O3/c19-13(16-11-12-5-4-8-17-18-12)9-15(10-14(20)21)6-2-1-3-7-15/h4-5,8H,1-3,6-7,9-11H2,(H,16,19)(H,20,21). The Kier molecular flexibility index (Phi) is 5.25. The molecule has 6 nitrogen and oxygen atoms in total. The van der Waals surface area contributed by atoms with Gasteiger partial charge in [0.25, 0.3) is 0 Å². The lowest BCUT2D eigenvalue weighted by Gasteiger charge is -2.35. The lowest BCUT2D eigenvalue weighted by atomic mass is 9.69. The molecule has 1 fully saturated rings. The summed E-state index contributed by atoms with van der Waals surface area (Å²) in [7, 11) is 0. The fourth-order valence-electron chi connectivity index (χ4n) is 3.06. The zero-order valence-corrected chi connectivity index (χ0v) is 12.0. The summed E-state index contributed by atoms with van der Waals surface area (Å²) >= 11 is 0. The second kappa shape index (κ2) is 7.15. The molecule has 0 bridgehead atoms. The maximum Gasteiger partial charge on any atom is 0.303 e. The van der Waals surface area contributed by atoms with Crippen molar-refractivity contribution in [2.45, 2.75) is 51.5 Å². The summed E-state index contributed by atoms with van der Waals surface area (Å²) in [4.78, 5) is 23.2. The van der Waals surface area contributed by atoms with Crippen LogP contribution in [0.1, 0.15) is 50.6 Å². The number of hydrogen-bond donors (Lipinski definition) is 2. The molecule has 1 saturated carbocycles. The molecule has 1 aromatic heterocycles. The Morgan fingerprint density at radius 1 is 1.24 bits per heavy atom. The number of amides is 1. The van der Waals surface area contributed by atoms with Gasteiger partial charge in [0.2, 0.25) is 5.91 Å². The lowest BCUT2D eigenvalue weighted by molar-refractivity contribution is -0.141. The minimum absolute atomic E-state index is 0.0750. The van der Waals surface area contributed by atoms with Gasteiger partial charge in [-0.1, -0.05) is 19.3 Å². The predicted molar refractivity (Wildman–Crippen MR) is 76.3 cm³/mol. The van der Waals surface area contributed by atoms with Gasteiger partial charge >= 0.3 is 5.97 Å². The van der Waals surface area contributed by atoms with E-state index in [2.05, 4.69) is 15.5 Å². The fourth-order valence-corrected chi connectivity index (χ4v) is 3.06. The van der Waals surface area contributed by atoms with E-state index in [1.54, 1.807) is 18.3 Å². The van der Waals surface area contributed by atoms with Gasteiger partial charge in [0.15, 0.2) is 0 Å². The average molecular weight is 291 g/mol. The number of nitrogens with one attached hydrogen (secondary N) is 1. The minimum Gasteiger partial charge on any atom is -0.481 e. The first-order valence-electron chi connectivity index (χ1n) is 7.35. The summed E-state index contributed by atoms with van der Waals surface area (Å²) in [5.74, 6) is -0.928. The maximum atomic E-state index is 12.1. The third-order valence-electron chi connectivity index (χ3n) is 4.07. The van der Waals surface area contributed by atoms with Crippen LogP contribution in [-0.4, -0.2) is 27.2 Å². The summed E-state index contributed by atoms with van der Waals surface area (Å²) < 4.78 is 0. The van der Waals surface area contributed by atoms with Crippen molar-refractivity contribution in [3.05, 3.63) is 24.0 Å². The molecule has 1 aliphatic carbocycles. The van der Waals surface area contributed by atoms with Gasteiger partial charge < -0.3 is 10.4 Å². The van der Waals surface area contributed by atoms with Crippen molar-refractivity contribution in [2.24, 2.45) is 5.41 Å². The zero-order chi connectivity index (χ0) is 15.1. The Morgan fingerprint density at radius 2 is 2.00 bits per heavy atom. The molecule has 1 heterocycles. The number of carbonyl (C=O) groups excluding carboxylic acids is 1. The third kappa shape index (κ3) is 4.81. The van der Waals surface area contributed by atoms with Crippen molar-refractivity contribution in [2.75, 3.05) is 0 Å². The van der Waals surface area contributed by atoms with Crippen LogP contribution >= 0.6 is 0 Å². The van der Waals surface area contributed by atoms with E-state index in [-0.39, 0.29) is 24.2 Å². The smallest absolute Gasteiger partial charge is 0.303 e. The monoisotopic (exact) mass is 291 g/mol. The lowest BCUT2D eigenvalue weighted by Crippen LogP contribution is -2.35. The van der Waals surface area contributed by atoms with E-state index in [4.69, 9.17) is 5.11 Å². The van der Waals surface area contributed by atoms with Crippen LogP contribution in [0.3, 0.4) is 0 Å². The van der Waals surface area contributed by atoms with Crippen LogP contribution in [0.25, 0.3) is 0 Å². The van der Waals surface area contributed by atoms with E-state index < -0.39 is 5.97 Å². The van der Waals surface area contributed by atoms with Gasteiger partial charge in [-0.2, -0.15) is 10.2 Å². The highest BCUT2D eigenvalue weighted by Gasteiger charge is 2.36. The van der Waals surface area contributed by atoms with Crippen molar-refractivity contribution in [3.63, 3.8) is 0 Å². The quantitative estimate of drug-likeness (QED) is 0.835. The number of carboxylic acids is 1. The Balaban J connectivity index is 1.90. The van der Waals surface area contributed by atoms with Gasteiger partial charge in [0.05, 0.1) is 18.7 Å². The Bertz CT molecular complexity index is 484. The van der Waals surface area contributed by atoms with E-state index in [1.165, 1.54) is 0 Å². The number of aromatic nitrogens is 2. The fraction of sp³-hybridized carbons (Fsp3) is 0.600. The first kappa shape index (κ1) is 15.4. The molecule has 0 unspecified atom stereocenters. The van der Waals surface area contributed by atoms with Gasteiger partial charge in [-0.05, 0) is 30.4 Å². The van der Waals surface area contributed by atoms with Crippen LogP contribution in [0.2, 0.25) is 0 Å². The second-order valence-electron chi connectivity index (χ2n) is 5.80. The number of rotatable bonds is 6. The van der Waals surface area contributed by atoms with Crippen molar-refractivity contribution >= 4 is 11.9 Å². The summed E-state index contributed by atoms with van der Waals surface area (Å²) in [6.45, 7) is 0.329. The molecule has 0 aliphatic heterocycles. The summed E-state index contributed by atoms with van der Waals surface area (Å²) in [5, 5.41) is 19.6. The molecule has 6 heteroatoms. The van der Waals surface area contributed by atoms with Crippen LogP contribution in [0.4, 0.5) is 0 Å². The number of aliphatic carboxylic acids is 1. The van der Waals surface area contributed by atoms with Crippen LogP contribution in [0.15, 0.2) is 18.3 Å². The molecule has 0 radical (unpaired) electrons. The van der Waals surface area contributed by atoms with Crippen molar-refractivity contribution < 1.29 is 14.7 Å². The Labute approximate surface area is 124 Å². The normalized spacial score (nSPS) is 17.1. The molecule has 0 saturated heterocycles. The van der Waals surface area contributed by atoms with Crippen molar-refractivity contribution in [3.8, 4) is 0 Å². The first-order valence-corrected chi connectivity index (χ1v) is 7.35. The molecular weight excluding hydrogens is 270 g/mol. The maximum absolute atomic E-state index is 12.1. The van der Waals surface area contributed by atoms with E-state index in [0.29, 0.717) is 12.2 Å². The molecule has 0 aromatic carbocycles. The van der Waals surface area contributed by atoms with Crippen LogP contribution in [-0.2, 0) is 16.1 Å². The highest BCUT2D eigenvalue weighted by Crippen LogP contribution is 2.42. The van der Waals surface area contributed by atoms with Crippen LogP contribution < -0.4 is 5.32 Å². The van der Waals surface area contributed by atoms with Crippen molar-refractivity contribution in [1.82, 2.24) is 15.5 Å². The molecule has 1 aromatic rings. The van der Waals surface area contributed by atoms with Crippen molar-refractivity contribution in [1.29, 1.82) is 0 Å². The van der Waals surface area contributed by atoms with E-state index >= 15 is 0 Å². The summed E-state index contributed by atoms with van der Waals surface area (Å²) in [5.41, 5.74) is 0.318. The Hall–Kier alpha value is -1.98. The van der Waals surface area contributed by atoms with Crippen LogP contribution in [0, 0.1) is 5.41 Å². The molecule has 21 heavy (non-hydrogen) atoms. The summed E-state index contributed by atoms with van der Waals surface area (Å²) in [6.07, 6.45) is 6.70. The van der Waals surface area contributed by atoms with Crippen LogP contribution in [0.5, 0.6) is 0 Å². The molecule has 2 N–H and O–H groups in total. The number of carbonyl (C=O) groups is 2. The first-order chi connectivity index (χ1) is 10.1. The average Bonchev–Trinajstić information content (AvgIpc) is 2.46. The zero-order valence-electron chi connectivity index (χ0n) is 12.0. The predicted octanol–water partition coefficient (Wildman–Crippen LogP) is 1.91. The highest BCUT2D eigenvalue weighted by atomic mass is 16.4. The SMILES string of the molecule is O=C(O)CC1(CC(=O)NCc2cccnn2)CCCCC1. The van der Waals surface area contributed by atoms with Gasteiger partial charge in [0, 0.05) is 12.6 Å². The van der Waals surface area contributed by atoms with Gasteiger partial charge in [-0.15, -0.1) is 0 Å². The number of nitrogens with zero attached hydrogens (tertiary/aromatic N) is 2. The van der Waals surface area contributed by atoms with Gasteiger partial charge in [-0.3, -0.25) is 9.59 Å². The molecule has 1 amide bonds. The summed E-state index contributed by atoms with van der Waals surface area (Å²) in [6, 6.07) is 3.56. The molecule has 2 rings (SSSR count). The van der Waals surface area contributed by atoms with E-state index in [0.717, 1.165) is 32.1 Å². The topological polar surface area (TPSA) is 92.2 Å². The van der Waals surface area contributed by atoms with Gasteiger partial charge in [0.1, 0.15) is 0 Å². The van der Waals surface area contributed by atoms with E-state index in [1.807, 2.05) is 0 Å². The van der Waals surface area contributed by atoms with Gasteiger partial charge in [-0.25, -0.2) is 0 Å².